The minimum absolute atomic E-state index is 0.0143. The molecule has 176 valence electrons. The van der Waals surface area contributed by atoms with Crippen LogP contribution in [0.15, 0.2) is 33.7 Å². The van der Waals surface area contributed by atoms with Crippen molar-refractivity contribution in [3.63, 3.8) is 0 Å². The largest absolute Gasteiger partial charge is 0.491 e. The first-order valence-corrected chi connectivity index (χ1v) is 12.5. The van der Waals surface area contributed by atoms with Crippen molar-refractivity contribution in [2.45, 2.75) is 65.0 Å². The number of nitrogens with one attached hydrogen (secondary N) is 1. The number of amides is 1. The third kappa shape index (κ3) is 5.50. The van der Waals surface area contributed by atoms with E-state index in [-0.39, 0.29) is 28.7 Å². The molecule has 32 heavy (non-hydrogen) atoms. The van der Waals surface area contributed by atoms with Crippen LogP contribution in [-0.2, 0) is 21.4 Å². The van der Waals surface area contributed by atoms with Gasteiger partial charge in [-0.1, -0.05) is 24.2 Å². The molecule has 1 aromatic carbocycles. The highest BCUT2D eigenvalue weighted by Crippen LogP contribution is 2.30. The van der Waals surface area contributed by atoms with Crippen molar-refractivity contribution >= 4 is 15.9 Å². The van der Waals surface area contributed by atoms with Gasteiger partial charge < -0.3 is 14.6 Å². The topological polar surface area (TPSA) is 102 Å². The highest BCUT2D eigenvalue weighted by atomic mass is 32.2. The number of piperidine rings is 1. The van der Waals surface area contributed by atoms with Crippen molar-refractivity contribution in [2.75, 3.05) is 13.1 Å². The van der Waals surface area contributed by atoms with Gasteiger partial charge in [-0.05, 0) is 64.2 Å². The minimum atomic E-state index is -3.64. The monoisotopic (exact) mass is 463 g/mol. The van der Waals surface area contributed by atoms with Gasteiger partial charge in [-0.15, -0.1) is 0 Å². The molecule has 0 radical (unpaired) electrons. The molecule has 0 saturated carbocycles. The van der Waals surface area contributed by atoms with E-state index in [4.69, 9.17) is 9.26 Å². The molecule has 1 aromatic heterocycles. The van der Waals surface area contributed by atoms with Crippen LogP contribution in [0.4, 0.5) is 0 Å². The molecule has 1 fully saturated rings. The van der Waals surface area contributed by atoms with Crippen molar-refractivity contribution in [3.05, 3.63) is 41.3 Å². The molecule has 3 rings (SSSR count). The molecule has 1 N–H and O–H groups in total. The van der Waals surface area contributed by atoms with Crippen molar-refractivity contribution in [2.24, 2.45) is 11.8 Å². The first kappa shape index (κ1) is 24.3. The molecule has 2 heterocycles. The lowest BCUT2D eigenvalue weighted by Crippen LogP contribution is -2.42. The summed E-state index contributed by atoms with van der Waals surface area (Å²) in [5, 5.41) is 6.77. The van der Waals surface area contributed by atoms with E-state index in [1.54, 1.807) is 13.8 Å². The maximum absolute atomic E-state index is 13.0. The van der Waals surface area contributed by atoms with Gasteiger partial charge in [-0.2, -0.15) is 4.31 Å². The molecule has 0 spiro atoms. The highest BCUT2D eigenvalue weighted by Gasteiger charge is 2.36. The van der Waals surface area contributed by atoms with Crippen molar-refractivity contribution < 1.29 is 22.5 Å². The summed E-state index contributed by atoms with van der Waals surface area (Å²) in [4.78, 5) is 12.9. The maximum atomic E-state index is 13.0. The van der Waals surface area contributed by atoms with Gasteiger partial charge in [0, 0.05) is 25.6 Å². The second-order valence-electron chi connectivity index (χ2n) is 8.71. The number of hydrogen-bond donors (Lipinski definition) is 1. The van der Waals surface area contributed by atoms with E-state index in [1.165, 1.54) is 4.31 Å². The van der Waals surface area contributed by atoms with E-state index in [0.717, 1.165) is 11.3 Å². The van der Waals surface area contributed by atoms with Crippen molar-refractivity contribution in [1.29, 1.82) is 0 Å². The summed E-state index contributed by atoms with van der Waals surface area (Å²) >= 11 is 0. The molecule has 1 aliphatic rings. The fraction of sp³-hybridized carbons (Fsp3) is 0.565. The number of benzene rings is 1. The average molecular weight is 464 g/mol. The van der Waals surface area contributed by atoms with Gasteiger partial charge in [-0.25, -0.2) is 8.42 Å². The fourth-order valence-corrected chi connectivity index (χ4v) is 5.87. The third-order valence-electron chi connectivity index (χ3n) is 5.95. The molecule has 0 aliphatic carbocycles. The number of carbonyl (C=O) groups excluding carboxylic acids is 1. The molecule has 1 aliphatic heterocycles. The van der Waals surface area contributed by atoms with E-state index in [1.807, 2.05) is 45.0 Å². The van der Waals surface area contributed by atoms with E-state index >= 15 is 0 Å². The lowest BCUT2D eigenvalue weighted by atomic mass is 9.85. The van der Waals surface area contributed by atoms with Gasteiger partial charge in [0.1, 0.15) is 16.3 Å². The zero-order valence-corrected chi connectivity index (χ0v) is 20.2. The minimum Gasteiger partial charge on any atom is -0.491 e. The van der Waals surface area contributed by atoms with E-state index in [9.17, 15) is 13.2 Å². The van der Waals surface area contributed by atoms with Crippen LogP contribution < -0.4 is 10.1 Å². The fourth-order valence-electron chi connectivity index (χ4n) is 4.11. The number of carbonyl (C=O) groups is 1. The molecule has 1 saturated heterocycles. The van der Waals surface area contributed by atoms with Crippen molar-refractivity contribution in [3.8, 4) is 5.75 Å². The van der Waals surface area contributed by atoms with Crippen LogP contribution in [0, 0.1) is 25.7 Å². The number of aromatic nitrogens is 1. The number of hydrogen-bond acceptors (Lipinski definition) is 6. The second kappa shape index (κ2) is 10.0. The molecule has 0 unspecified atom stereocenters. The summed E-state index contributed by atoms with van der Waals surface area (Å²) in [6.07, 6.45) is 1.39. The van der Waals surface area contributed by atoms with Crippen LogP contribution in [0.5, 0.6) is 5.75 Å². The molecule has 1 amide bonds. The first-order chi connectivity index (χ1) is 15.1. The molecule has 8 nitrogen and oxygen atoms in total. The summed E-state index contributed by atoms with van der Waals surface area (Å²) in [6.45, 7) is 10.3. The Hall–Kier alpha value is -2.39. The summed E-state index contributed by atoms with van der Waals surface area (Å²) in [5.41, 5.74) is 1.38. The van der Waals surface area contributed by atoms with Crippen LogP contribution in [-0.4, -0.2) is 43.0 Å². The van der Waals surface area contributed by atoms with E-state index in [0.29, 0.717) is 43.9 Å². The summed E-state index contributed by atoms with van der Waals surface area (Å²) in [7, 11) is -3.64. The van der Waals surface area contributed by atoms with Gasteiger partial charge in [0.2, 0.25) is 15.9 Å². The third-order valence-corrected chi connectivity index (χ3v) is 8.09. The molecular formula is C23H33N3O5S. The number of sulfonamides is 1. The van der Waals surface area contributed by atoms with Gasteiger partial charge in [0.25, 0.3) is 0 Å². The Kier molecular flexibility index (Phi) is 7.61. The van der Waals surface area contributed by atoms with Gasteiger partial charge >= 0.3 is 0 Å². The van der Waals surface area contributed by atoms with Crippen LogP contribution in [0.2, 0.25) is 0 Å². The Balaban J connectivity index is 1.51. The van der Waals surface area contributed by atoms with Crippen LogP contribution in [0.1, 0.15) is 50.6 Å². The Morgan fingerprint density at radius 2 is 1.81 bits per heavy atom. The maximum Gasteiger partial charge on any atom is 0.248 e. The summed E-state index contributed by atoms with van der Waals surface area (Å²) in [5.74, 6) is 1.04. The number of nitrogens with zero attached hydrogens (tertiary/aromatic N) is 2. The zero-order valence-electron chi connectivity index (χ0n) is 19.4. The smallest absolute Gasteiger partial charge is 0.248 e. The van der Waals surface area contributed by atoms with Crippen LogP contribution in [0.25, 0.3) is 0 Å². The normalized spacial score (nSPS) is 16.8. The second-order valence-corrected chi connectivity index (χ2v) is 10.6. The molecular weight excluding hydrogens is 430 g/mol. The van der Waals surface area contributed by atoms with Gasteiger partial charge in [-0.3, -0.25) is 4.79 Å². The van der Waals surface area contributed by atoms with E-state index in [2.05, 4.69) is 10.5 Å². The number of aryl methyl sites for hydroxylation is 2. The van der Waals surface area contributed by atoms with Crippen LogP contribution >= 0.6 is 0 Å². The average Bonchev–Trinajstić information content (AvgIpc) is 3.11. The number of ether oxygens (including phenoxy) is 1. The lowest BCUT2D eigenvalue weighted by Gasteiger charge is -2.33. The van der Waals surface area contributed by atoms with Gasteiger partial charge in [0.05, 0.1) is 6.10 Å². The highest BCUT2D eigenvalue weighted by molar-refractivity contribution is 7.89. The predicted octanol–water partition coefficient (Wildman–Crippen LogP) is 3.43. The molecule has 0 bridgehead atoms. The zero-order chi connectivity index (χ0) is 23.5. The standard InChI is InChI=1S/C23H33N3O5S/c1-15(2)30-21-8-6-19(7-9-21)14-24-23(27)16(3)20-10-12-26(13-11-20)32(28,29)22-17(4)25-31-18(22)5/h6-9,15-16,20H,10-14H2,1-5H3,(H,24,27)/t16-/m0/s1. The Morgan fingerprint density at radius 3 is 2.34 bits per heavy atom. The Bertz CT molecular complexity index is 1000. The van der Waals surface area contributed by atoms with Gasteiger partial charge in [0.15, 0.2) is 5.76 Å². The molecule has 9 heteroatoms. The summed E-state index contributed by atoms with van der Waals surface area (Å²) in [6, 6.07) is 7.70. The SMILES string of the molecule is Cc1noc(C)c1S(=O)(=O)N1CCC([C@H](C)C(=O)NCc2ccc(OC(C)C)cc2)CC1. The summed E-state index contributed by atoms with van der Waals surface area (Å²) < 4.78 is 38.1. The lowest BCUT2D eigenvalue weighted by molar-refractivity contribution is -0.126. The quantitative estimate of drug-likeness (QED) is 0.644. The van der Waals surface area contributed by atoms with Crippen LogP contribution in [0.3, 0.4) is 0 Å². The Labute approximate surface area is 190 Å². The Morgan fingerprint density at radius 1 is 1.19 bits per heavy atom. The molecule has 1 atom stereocenters. The first-order valence-electron chi connectivity index (χ1n) is 11.1. The number of rotatable bonds is 8. The predicted molar refractivity (Wildman–Crippen MR) is 121 cm³/mol. The molecule has 2 aromatic rings. The van der Waals surface area contributed by atoms with Crippen molar-refractivity contribution in [1.82, 2.24) is 14.8 Å². The van der Waals surface area contributed by atoms with E-state index < -0.39 is 10.0 Å².